The fourth-order valence-corrected chi connectivity index (χ4v) is 2.87. The van der Waals surface area contributed by atoms with Gasteiger partial charge in [-0.3, -0.25) is 0 Å². The van der Waals surface area contributed by atoms with Crippen LogP contribution in [0.5, 0.6) is 5.75 Å². The molecule has 1 aromatic carbocycles. The van der Waals surface area contributed by atoms with E-state index in [1.54, 1.807) is 4.90 Å². The lowest BCUT2D eigenvalue weighted by atomic mass is 10.1. The molecule has 1 aliphatic heterocycles. The van der Waals surface area contributed by atoms with Crippen molar-refractivity contribution < 1.29 is 19.4 Å². The van der Waals surface area contributed by atoms with Gasteiger partial charge in [0.15, 0.2) is 0 Å². The number of carbonyl (C=O) groups excluding carboxylic acids is 1. The fourth-order valence-electron chi connectivity index (χ4n) is 2.87. The maximum absolute atomic E-state index is 12.3. The standard InChI is InChI=1S/C18H28N2O4/c1-3-20(16-12-23-13-17(16)21)18(22)19-11-5-6-14-7-9-15(10-8-14)24-4-2/h7-10,16-17,21H,3-6,11-13H2,1-2H3,(H,19,22)/t16-,17-/m0/s1. The average Bonchev–Trinajstić information content (AvgIpc) is 3.00. The minimum atomic E-state index is -0.598. The Labute approximate surface area is 143 Å². The minimum Gasteiger partial charge on any atom is -0.494 e. The normalized spacial score (nSPS) is 20.0. The maximum Gasteiger partial charge on any atom is 0.317 e. The van der Waals surface area contributed by atoms with Crippen molar-refractivity contribution >= 4 is 6.03 Å². The number of amides is 2. The molecule has 2 atom stereocenters. The van der Waals surface area contributed by atoms with Crippen LogP contribution in [0.1, 0.15) is 25.8 Å². The third kappa shape index (κ3) is 5.11. The van der Waals surface area contributed by atoms with Gasteiger partial charge in [0.2, 0.25) is 0 Å². The predicted octanol–water partition coefficient (Wildman–Crippen LogP) is 1.81. The zero-order valence-electron chi connectivity index (χ0n) is 14.5. The molecule has 134 valence electrons. The van der Waals surface area contributed by atoms with Gasteiger partial charge in [0.25, 0.3) is 0 Å². The quantitative estimate of drug-likeness (QED) is 0.710. The number of rotatable bonds is 8. The van der Waals surface area contributed by atoms with Gasteiger partial charge in [0.05, 0.1) is 32.0 Å². The second-order valence-corrected chi connectivity index (χ2v) is 5.87. The minimum absolute atomic E-state index is 0.140. The van der Waals surface area contributed by atoms with Gasteiger partial charge in [-0.05, 0) is 44.4 Å². The van der Waals surface area contributed by atoms with Crippen molar-refractivity contribution in [2.24, 2.45) is 0 Å². The molecule has 6 nitrogen and oxygen atoms in total. The molecule has 0 spiro atoms. The van der Waals surface area contributed by atoms with Crippen LogP contribution in [0.3, 0.4) is 0 Å². The van der Waals surface area contributed by atoms with Gasteiger partial charge in [-0.2, -0.15) is 0 Å². The predicted molar refractivity (Wildman–Crippen MR) is 92.3 cm³/mol. The number of aliphatic hydroxyl groups is 1. The van der Waals surface area contributed by atoms with E-state index in [9.17, 15) is 9.90 Å². The largest absolute Gasteiger partial charge is 0.494 e. The number of urea groups is 1. The van der Waals surface area contributed by atoms with Crippen LogP contribution in [0.4, 0.5) is 4.79 Å². The number of ether oxygens (including phenoxy) is 2. The van der Waals surface area contributed by atoms with Crippen molar-refractivity contribution in [1.29, 1.82) is 0 Å². The summed E-state index contributed by atoms with van der Waals surface area (Å²) in [6, 6.07) is 7.66. The molecule has 2 amide bonds. The van der Waals surface area contributed by atoms with Crippen molar-refractivity contribution in [1.82, 2.24) is 10.2 Å². The van der Waals surface area contributed by atoms with Crippen molar-refractivity contribution in [2.45, 2.75) is 38.8 Å². The van der Waals surface area contributed by atoms with Gasteiger partial charge >= 0.3 is 6.03 Å². The summed E-state index contributed by atoms with van der Waals surface area (Å²) in [5.41, 5.74) is 1.22. The van der Waals surface area contributed by atoms with Crippen molar-refractivity contribution in [2.75, 3.05) is 32.9 Å². The number of aliphatic hydroxyl groups excluding tert-OH is 1. The Morgan fingerprint density at radius 3 is 2.67 bits per heavy atom. The molecule has 0 aromatic heterocycles. The molecule has 0 aliphatic carbocycles. The number of hydrogen-bond donors (Lipinski definition) is 2. The van der Waals surface area contributed by atoms with Crippen molar-refractivity contribution in [3.05, 3.63) is 29.8 Å². The molecular formula is C18H28N2O4. The highest BCUT2D eigenvalue weighted by atomic mass is 16.5. The van der Waals surface area contributed by atoms with E-state index in [1.165, 1.54) is 5.56 Å². The molecule has 1 heterocycles. The van der Waals surface area contributed by atoms with E-state index >= 15 is 0 Å². The molecular weight excluding hydrogens is 308 g/mol. The van der Waals surface area contributed by atoms with Crippen LogP contribution in [0.2, 0.25) is 0 Å². The van der Waals surface area contributed by atoms with Crippen LogP contribution in [0.25, 0.3) is 0 Å². The van der Waals surface area contributed by atoms with Gasteiger partial charge in [-0.25, -0.2) is 4.79 Å². The van der Waals surface area contributed by atoms with Crippen LogP contribution in [0.15, 0.2) is 24.3 Å². The summed E-state index contributed by atoms with van der Waals surface area (Å²) in [5.74, 6) is 0.880. The Balaban J connectivity index is 1.71. The van der Waals surface area contributed by atoms with Gasteiger partial charge in [0, 0.05) is 13.1 Å². The van der Waals surface area contributed by atoms with E-state index in [-0.39, 0.29) is 12.1 Å². The summed E-state index contributed by atoms with van der Waals surface area (Å²) in [4.78, 5) is 13.9. The highest BCUT2D eigenvalue weighted by molar-refractivity contribution is 5.74. The molecule has 0 saturated carbocycles. The van der Waals surface area contributed by atoms with Crippen LogP contribution in [-0.4, -0.2) is 61.1 Å². The Morgan fingerprint density at radius 1 is 1.33 bits per heavy atom. The summed E-state index contributed by atoms with van der Waals surface area (Å²) in [7, 11) is 0. The smallest absolute Gasteiger partial charge is 0.317 e. The van der Waals surface area contributed by atoms with Gasteiger partial charge in [-0.15, -0.1) is 0 Å². The molecule has 2 N–H and O–H groups in total. The fraction of sp³-hybridized carbons (Fsp3) is 0.611. The Kier molecular flexibility index (Phi) is 7.34. The molecule has 0 bridgehead atoms. The highest BCUT2D eigenvalue weighted by Gasteiger charge is 2.33. The van der Waals surface area contributed by atoms with Crippen LogP contribution in [-0.2, 0) is 11.2 Å². The second kappa shape index (κ2) is 9.49. The van der Waals surface area contributed by atoms with Crippen molar-refractivity contribution in [3.8, 4) is 5.75 Å². The van der Waals surface area contributed by atoms with E-state index in [0.29, 0.717) is 32.9 Å². The number of nitrogens with one attached hydrogen (secondary N) is 1. The molecule has 1 fully saturated rings. The molecule has 0 radical (unpaired) electrons. The SMILES string of the molecule is CCOc1ccc(CCCNC(=O)N(CC)[C@H]2COC[C@@H]2O)cc1. The number of aryl methyl sites for hydroxylation is 1. The zero-order valence-corrected chi connectivity index (χ0v) is 14.5. The van der Waals surface area contributed by atoms with Crippen LogP contribution < -0.4 is 10.1 Å². The second-order valence-electron chi connectivity index (χ2n) is 5.87. The number of hydrogen-bond acceptors (Lipinski definition) is 4. The number of likely N-dealkylation sites (N-methyl/N-ethyl adjacent to an activating group) is 1. The first-order chi connectivity index (χ1) is 11.7. The topological polar surface area (TPSA) is 71.0 Å². The lowest BCUT2D eigenvalue weighted by Gasteiger charge is -2.28. The lowest BCUT2D eigenvalue weighted by molar-refractivity contribution is 0.0964. The third-order valence-electron chi connectivity index (χ3n) is 4.18. The van der Waals surface area contributed by atoms with Crippen molar-refractivity contribution in [3.63, 3.8) is 0 Å². The van der Waals surface area contributed by atoms with Gasteiger partial charge < -0.3 is 24.8 Å². The van der Waals surface area contributed by atoms with E-state index in [0.717, 1.165) is 18.6 Å². The van der Waals surface area contributed by atoms with E-state index in [2.05, 4.69) is 17.4 Å². The monoisotopic (exact) mass is 336 g/mol. The summed E-state index contributed by atoms with van der Waals surface area (Å²) in [6.07, 6.45) is 1.16. The average molecular weight is 336 g/mol. The molecule has 1 saturated heterocycles. The van der Waals surface area contributed by atoms with E-state index in [4.69, 9.17) is 9.47 Å². The molecule has 2 rings (SSSR count). The molecule has 1 aromatic rings. The molecule has 6 heteroatoms. The Bertz CT molecular complexity index is 506. The van der Waals surface area contributed by atoms with Crippen LogP contribution >= 0.6 is 0 Å². The zero-order chi connectivity index (χ0) is 17.4. The maximum atomic E-state index is 12.3. The molecule has 24 heavy (non-hydrogen) atoms. The number of nitrogens with zero attached hydrogens (tertiary/aromatic N) is 1. The Morgan fingerprint density at radius 2 is 2.08 bits per heavy atom. The molecule has 0 unspecified atom stereocenters. The first kappa shape index (κ1) is 18.5. The lowest BCUT2D eigenvalue weighted by Crippen LogP contribution is -2.50. The summed E-state index contributed by atoms with van der Waals surface area (Å²) in [5, 5.41) is 12.8. The third-order valence-corrected chi connectivity index (χ3v) is 4.18. The Hall–Kier alpha value is -1.79. The highest BCUT2D eigenvalue weighted by Crippen LogP contribution is 2.14. The summed E-state index contributed by atoms with van der Waals surface area (Å²) >= 11 is 0. The number of carbonyl (C=O) groups is 1. The van der Waals surface area contributed by atoms with Crippen LogP contribution in [0, 0.1) is 0 Å². The van der Waals surface area contributed by atoms with Gasteiger partial charge in [-0.1, -0.05) is 12.1 Å². The van der Waals surface area contributed by atoms with Gasteiger partial charge in [0.1, 0.15) is 5.75 Å². The molecule has 1 aliphatic rings. The van der Waals surface area contributed by atoms with E-state index in [1.807, 2.05) is 26.0 Å². The summed E-state index contributed by atoms with van der Waals surface area (Å²) < 4.78 is 10.7. The summed E-state index contributed by atoms with van der Waals surface area (Å²) in [6.45, 7) is 6.39. The number of benzene rings is 1. The van der Waals surface area contributed by atoms with E-state index < -0.39 is 6.10 Å². The first-order valence-electron chi connectivity index (χ1n) is 8.67. The first-order valence-corrected chi connectivity index (χ1v) is 8.67.